The molecule has 5 nitrogen and oxygen atoms in total. The molecule has 0 aliphatic rings. The summed E-state index contributed by atoms with van der Waals surface area (Å²) in [5, 5.41) is 3.03. The lowest BCUT2D eigenvalue weighted by Crippen LogP contribution is -2.41. The van der Waals surface area contributed by atoms with Gasteiger partial charge in [0.25, 0.3) is 0 Å². The number of nitrogens with one attached hydrogen (secondary N) is 1. The van der Waals surface area contributed by atoms with E-state index >= 15 is 0 Å². The third-order valence-electron chi connectivity index (χ3n) is 1.89. The first kappa shape index (κ1) is 13.9. The number of methoxy groups -OCH3 is 2. The molecule has 0 aromatic carbocycles. The van der Waals surface area contributed by atoms with Gasteiger partial charge in [-0.25, -0.2) is 0 Å². The van der Waals surface area contributed by atoms with Gasteiger partial charge in [-0.3, -0.25) is 9.59 Å². The van der Waals surface area contributed by atoms with Gasteiger partial charge in [0, 0.05) is 12.5 Å². The van der Waals surface area contributed by atoms with Crippen molar-refractivity contribution in [1.29, 1.82) is 0 Å². The van der Waals surface area contributed by atoms with E-state index in [9.17, 15) is 9.59 Å². The second-order valence-corrected chi connectivity index (χ2v) is 3.51. The van der Waals surface area contributed by atoms with Crippen LogP contribution < -0.4 is 5.32 Å². The third kappa shape index (κ3) is 6.06. The number of rotatable bonds is 6. The molecule has 0 radical (unpaired) electrons. The first-order chi connectivity index (χ1) is 7.01. The lowest BCUT2D eigenvalue weighted by Gasteiger charge is -2.18. The molecule has 0 aliphatic carbocycles. The van der Waals surface area contributed by atoms with Crippen molar-refractivity contribution in [2.24, 2.45) is 0 Å². The smallest absolute Gasteiger partial charge is 0.322 e. The van der Waals surface area contributed by atoms with Crippen molar-refractivity contribution < 1.29 is 19.1 Å². The quantitative estimate of drug-likeness (QED) is 0.655. The molecule has 88 valence electrons. The van der Waals surface area contributed by atoms with Crippen LogP contribution in [0, 0.1) is 0 Å². The molecule has 1 N–H and O–H groups in total. The minimum absolute atomic E-state index is 0.159. The Morgan fingerprint density at radius 2 is 1.80 bits per heavy atom. The highest BCUT2D eigenvalue weighted by atomic mass is 16.5. The molecule has 5 heteroatoms. The number of carbonyl (C=O) groups excluding carboxylic acids is 2. The third-order valence-corrected chi connectivity index (χ3v) is 1.89. The molecule has 0 rings (SSSR count). The van der Waals surface area contributed by atoms with E-state index in [1.54, 1.807) is 0 Å². The number of ether oxygens (including phenoxy) is 2. The second-order valence-electron chi connectivity index (χ2n) is 3.51. The number of hydrogen-bond acceptors (Lipinski definition) is 5. The fraction of sp³-hybridized carbons (Fsp3) is 0.800. The van der Waals surface area contributed by atoms with Crippen LogP contribution in [0.15, 0.2) is 0 Å². The van der Waals surface area contributed by atoms with Crippen molar-refractivity contribution in [3.8, 4) is 0 Å². The minimum atomic E-state index is -0.450. The van der Waals surface area contributed by atoms with Crippen molar-refractivity contribution in [3.05, 3.63) is 0 Å². The maximum Gasteiger partial charge on any atom is 0.322 e. The fourth-order valence-corrected chi connectivity index (χ4v) is 1.18. The van der Waals surface area contributed by atoms with Crippen molar-refractivity contribution in [3.63, 3.8) is 0 Å². The summed E-state index contributed by atoms with van der Waals surface area (Å²) in [7, 11) is 2.65. The summed E-state index contributed by atoms with van der Waals surface area (Å²) in [4.78, 5) is 22.2. The molecule has 15 heavy (non-hydrogen) atoms. The summed E-state index contributed by atoms with van der Waals surface area (Å²) >= 11 is 0. The molecule has 0 amide bonds. The zero-order chi connectivity index (χ0) is 11.8. The van der Waals surface area contributed by atoms with Crippen LogP contribution in [0.1, 0.15) is 26.7 Å². The number of carbonyl (C=O) groups is 2. The lowest BCUT2D eigenvalue weighted by atomic mass is 10.1. The minimum Gasteiger partial charge on any atom is -0.469 e. The Morgan fingerprint density at radius 3 is 2.20 bits per heavy atom. The van der Waals surface area contributed by atoms with Gasteiger partial charge in [0.2, 0.25) is 0 Å². The van der Waals surface area contributed by atoms with Crippen LogP contribution >= 0.6 is 0 Å². The second kappa shape index (κ2) is 7.23. The molecule has 0 unspecified atom stereocenters. The predicted molar refractivity (Wildman–Crippen MR) is 55.3 cm³/mol. The predicted octanol–water partition coefficient (Wildman–Crippen LogP) is 0.479. The largest absolute Gasteiger partial charge is 0.469 e. The standard InChI is InChI=1S/C10H19NO4/c1-7(2)11-8(10(13)15-4)5-6-9(12)14-3/h7-8,11H,5-6H2,1-4H3/t8-/m1/s1. The Morgan fingerprint density at radius 1 is 1.20 bits per heavy atom. The van der Waals surface area contributed by atoms with Gasteiger partial charge in [0.15, 0.2) is 0 Å². The Hall–Kier alpha value is -1.10. The van der Waals surface area contributed by atoms with E-state index in [1.807, 2.05) is 13.8 Å². The van der Waals surface area contributed by atoms with E-state index in [2.05, 4.69) is 14.8 Å². The van der Waals surface area contributed by atoms with Crippen LogP contribution in [0.25, 0.3) is 0 Å². The first-order valence-electron chi connectivity index (χ1n) is 4.92. The summed E-state index contributed by atoms with van der Waals surface area (Å²) < 4.78 is 9.13. The fourth-order valence-electron chi connectivity index (χ4n) is 1.18. The Bertz CT molecular complexity index is 215. The molecule has 0 bridgehead atoms. The van der Waals surface area contributed by atoms with E-state index in [1.165, 1.54) is 14.2 Å². The van der Waals surface area contributed by atoms with Gasteiger partial charge in [0.1, 0.15) is 6.04 Å². The lowest BCUT2D eigenvalue weighted by molar-refractivity contribution is -0.144. The highest BCUT2D eigenvalue weighted by molar-refractivity contribution is 5.77. The van der Waals surface area contributed by atoms with Gasteiger partial charge in [-0.05, 0) is 6.42 Å². The van der Waals surface area contributed by atoms with Gasteiger partial charge < -0.3 is 14.8 Å². The van der Waals surface area contributed by atoms with Gasteiger partial charge in [-0.2, -0.15) is 0 Å². The van der Waals surface area contributed by atoms with Crippen LogP contribution in [0.2, 0.25) is 0 Å². The zero-order valence-electron chi connectivity index (χ0n) is 9.70. The zero-order valence-corrected chi connectivity index (χ0v) is 9.70. The highest BCUT2D eigenvalue weighted by Crippen LogP contribution is 2.02. The monoisotopic (exact) mass is 217 g/mol. The number of esters is 2. The molecular formula is C10H19NO4. The van der Waals surface area contributed by atoms with Crippen LogP contribution in [0.5, 0.6) is 0 Å². The van der Waals surface area contributed by atoms with Crippen molar-refractivity contribution in [2.75, 3.05) is 14.2 Å². The molecule has 0 aromatic heterocycles. The molecule has 0 aromatic rings. The maximum atomic E-state index is 11.3. The van der Waals surface area contributed by atoms with Crippen molar-refractivity contribution in [2.45, 2.75) is 38.8 Å². The Labute approximate surface area is 90.1 Å². The van der Waals surface area contributed by atoms with Gasteiger partial charge in [-0.15, -0.1) is 0 Å². The normalized spacial score (nSPS) is 12.3. The van der Waals surface area contributed by atoms with E-state index in [0.29, 0.717) is 6.42 Å². The van der Waals surface area contributed by atoms with Crippen LogP contribution in [-0.4, -0.2) is 38.2 Å². The average molecular weight is 217 g/mol. The number of hydrogen-bond donors (Lipinski definition) is 1. The van der Waals surface area contributed by atoms with Crippen molar-refractivity contribution >= 4 is 11.9 Å². The molecule has 0 aliphatic heterocycles. The Balaban J connectivity index is 4.12. The first-order valence-corrected chi connectivity index (χ1v) is 4.92. The van der Waals surface area contributed by atoms with E-state index < -0.39 is 6.04 Å². The molecule has 0 saturated heterocycles. The van der Waals surface area contributed by atoms with Gasteiger partial charge >= 0.3 is 11.9 Å². The van der Waals surface area contributed by atoms with Crippen LogP contribution in [0.3, 0.4) is 0 Å². The highest BCUT2D eigenvalue weighted by Gasteiger charge is 2.20. The topological polar surface area (TPSA) is 64.6 Å². The van der Waals surface area contributed by atoms with E-state index in [4.69, 9.17) is 0 Å². The average Bonchev–Trinajstić information content (AvgIpc) is 2.21. The molecule has 1 atom stereocenters. The SMILES string of the molecule is COC(=O)CC[C@@H](NC(C)C)C(=O)OC. The summed E-state index contributed by atoms with van der Waals surface area (Å²) in [6.07, 6.45) is 0.591. The Kier molecular flexibility index (Phi) is 6.70. The maximum absolute atomic E-state index is 11.3. The molecule has 0 spiro atoms. The molecule has 0 saturated carbocycles. The summed E-state index contributed by atoms with van der Waals surface area (Å²) in [6, 6.07) is -0.291. The van der Waals surface area contributed by atoms with E-state index in [0.717, 1.165) is 0 Å². The van der Waals surface area contributed by atoms with Gasteiger partial charge in [0.05, 0.1) is 14.2 Å². The van der Waals surface area contributed by atoms with Crippen LogP contribution in [-0.2, 0) is 19.1 Å². The van der Waals surface area contributed by atoms with Crippen molar-refractivity contribution in [1.82, 2.24) is 5.32 Å². The van der Waals surface area contributed by atoms with Gasteiger partial charge in [-0.1, -0.05) is 13.8 Å². The molecule has 0 fully saturated rings. The van der Waals surface area contributed by atoms with E-state index in [-0.39, 0.29) is 24.4 Å². The molecular weight excluding hydrogens is 198 g/mol. The molecule has 0 heterocycles. The summed E-state index contributed by atoms with van der Waals surface area (Å²) in [5.41, 5.74) is 0. The summed E-state index contributed by atoms with van der Waals surface area (Å²) in [5.74, 6) is -0.679. The summed E-state index contributed by atoms with van der Waals surface area (Å²) in [6.45, 7) is 3.85. The van der Waals surface area contributed by atoms with Crippen LogP contribution in [0.4, 0.5) is 0 Å².